The number of rotatable bonds is 6. The van der Waals surface area contributed by atoms with Crippen molar-refractivity contribution in [2.75, 3.05) is 18.8 Å². The molecule has 0 spiro atoms. The van der Waals surface area contributed by atoms with E-state index in [1.165, 1.54) is 11.3 Å². The largest absolute Gasteiger partial charge is 0.391 e. The van der Waals surface area contributed by atoms with Crippen molar-refractivity contribution >= 4 is 49.5 Å². The number of sulfone groups is 1. The Hall–Kier alpha value is -2.20. The van der Waals surface area contributed by atoms with Crippen LogP contribution in [0.4, 0.5) is 0 Å². The van der Waals surface area contributed by atoms with Gasteiger partial charge in [-0.1, -0.05) is 35.1 Å². The molecule has 1 aliphatic heterocycles. The minimum atomic E-state index is -3.57. The molecule has 1 fully saturated rings. The van der Waals surface area contributed by atoms with E-state index in [1.807, 2.05) is 17.8 Å². The number of piperidine rings is 1. The van der Waals surface area contributed by atoms with E-state index in [1.54, 1.807) is 41.3 Å². The first-order valence-corrected chi connectivity index (χ1v) is 13.6. The van der Waals surface area contributed by atoms with E-state index in [2.05, 4.69) is 0 Å². The molecular weight excluding hydrogens is 482 g/mol. The summed E-state index contributed by atoms with van der Waals surface area (Å²) in [4.78, 5) is 21.1. The highest BCUT2D eigenvalue weighted by molar-refractivity contribution is 7.91. The average Bonchev–Trinajstić information content (AvgIpc) is 3.16. The Kier molecular flexibility index (Phi) is 7.23. The molecule has 10 heteroatoms. The maximum Gasteiger partial charge on any atom is 0.223 e. The second-order valence-electron chi connectivity index (χ2n) is 8.21. The van der Waals surface area contributed by atoms with Gasteiger partial charge in [-0.25, -0.2) is 8.42 Å². The molecule has 0 radical (unpaired) electrons. The SMILES string of the molecule is Cn1cc(CO)s/c1=N\C1CCN(C(=O)CCS(=O)(=O)c2ccc3cc(Cl)ccc3c2)CC1. The van der Waals surface area contributed by atoms with Crippen molar-refractivity contribution in [3.63, 3.8) is 0 Å². The predicted octanol–water partition coefficient (Wildman–Crippen LogP) is 3.14. The summed E-state index contributed by atoms with van der Waals surface area (Å²) in [5.74, 6) is -0.363. The Morgan fingerprint density at radius 2 is 1.88 bits per heavy atom. The lowest BCUT2D eigenvalue weighted by molar-refractivity contribution is -0.131. The van der Waals surface area contributed by atoms with E-state index in [9.17, 15) is 18.3 Å². The van der Waals surface area contributed by atoms with Gasteiger partial charge in [-0.2, -0.15) is 0 Å². The van der Waals surface area contributed by atoms with Gasteiger partial charge in [0.2, 0.25) is 5.91 Å². The smallest absolute Gasteiger partial charge is 0.223 e. The molecule has 1 N–H and O–H groups in total. The standard InChI is InChI=1S/C23H26ClN3O4S2/c1-26-14-20(15-28)32-23(26)25-19-6-9-27(10-7-19)22(29)8-11-33(30,31)21-5-3-16-12-18(24)4-2-17(16)13-21/h2-5,12-14,19,28H,6-11,15H2,1H3/b25-23-. The number of amides is 1. The van der Waals surface area contributed by atoms with Crippen molar-refractivity contribution < 1.29 is 18.3 Å². The Labute approximate surface area is 201 Å². The number of hydrogen-bond acceptors (Lipinski definition) is 6. The van der Waals surface area contributed by atoms with Gasteiger partial charge in [0.15, 0.2) is 14.6 Å². The van der Waals surface area contributed by atoms with Crippen LogP contribution in [0.5, 0.6) is 0 Å². The van der Waals surface area contributed by atoms with Gasteiger partial charge in [0.1, 0.15) is 0 Å². The van der Waals surface area contributed by atoms with Crippen LogP contribution in [-0.4, -0.2) is 53.8 Å². The van der Waals surface area contributed by atoms with Crippen LogP contribution in [-0.2, 0) is 28.3 Å². The zero-order valence-corrected chi connectivity index (χ0v) is 20.7. The van der Waals surface area contributed by atoms with Gasteiger partial charge >= 0.3 is 0 Å². The summed E-state index contributed by atoms with van der Waals surface area (Å²) in [6, 6.07) is 10.4. The molecule has 0 unspecified atom stereocenters. The van der Waals surface area contributed by atoms with E-state index in [0.717, 1.165) is 33.3 Å². The lowest BCUT2D eigenvalue weighted by Crippen LogP contribution is -2.40. The number of carbonyl (C=O) groups is 1. The molecule has 33 heavy (non-hydrogen) atoms. The first-order chi connectivity index (χ1) is 15.7. The van der Waals surface area contributed by atoms with Gasteiger partial charge in [0.05, 0.1) is 23.3 Å². The third kappa shape index (κ3) is 5.66. The predicted molar refractivity (Wildman–Crippen MR) is 130 cm³/mol. The number of aliphatic hydroxyl groups is 1. The maximum absolute atomic E-state index is 12.8. The molecule has 0 aliphatic carbocycles. The fourth-order valence-electron chi connectivity index (χ4n) is 3.96. The number of halogens is 1. The molecule has 0 saturated carbocycles. The van der Waals surface area contributed by atoms with Gasteiger partial charge < -0.3 is 14.6 Å². The molecule has 3 aromatic rings. The van der Waals surface area contributed by atoms with Crippen molar-refractivity contribution in [2.24, 2.45) is 12.0 Å². The molecule has 2 aromatic carbocycles. The fourth-order valence-corrected chi connectivity index (χ4v) is 6.31. The first-order valence-electron chi connectivity index (χ1n) is 10.7. The van der Waals surface area contributed by atoms with Gasteiger partial charge in [-0.05, 0) is 47.9 Å². The third-order valence-corrected chi connectivity index (χ3v) is 8.87. The van der Waals surface area contributed by atoms with Crippen LogP contribution in [0.2, 0.25) is 5.02 Å². The molecule has 2 heterocycles. The van der Waals surface area contributed by atoms with E-state index in [0.29, 0.717) is 18.1 Å². The average molecular weight is 508 g/mol. The molecule has 1 aromatic heterocycles. The molecule has 176 valence electrons. The van der Waals surface area contributed by atoms with Crippen LogP contribution in [0.1, 0.15) is 24.1 Å². The molecule has 0 atom stereocenters. The second-order valence-corrected chi connectivity index (χ2v) is 11.9. The number of likely N-dealkylation sites (tertiary alicyclic amines) is 1. The number of benzene rings is 2. The van der Waals surface area contributed by atoms with Crippen molar-refractivity contribution in [2.45, 2.75) is 36.8 Å². The number of hydrogen-bond donors (Lipinski definition) is 1. The number of aryl methyl sites for hydroxylation is 1. The number of nitrogens with zero attached hydrogens (tertiary/aromatic N) is 3. The zero-order chi connectivity index (χ0) is 23.6. The molecular formula is C23H26ClN3O4S2. The first kappa shape index (κ1) is 23.9. The van der Waals surface area contributed by atoms with E-state index in [-0.39, 0.29) is 35.6 Å². The van der Waals surface area contributed by atoms with Crippen molar-refractivity contribution in [1.82, 2.24) is 9.47 Å². The minimum absolute atomic E-state index is 0.00254. The van der Waals surface area contributed by atoms with Crippen LogP contribution >= 0.6 is 22.9 Å². The van der Waals surface area contributed by atoms with Crippen molar-refractivity contribution in [3.05, 3.63) is 57.3 Å². The highest BCUT2D eigenvalue weighted by atomic mass is 35.5. The van der Waals surface area contributed by atoms with Gasteiger partial charge in [-0.15, -0.1) is 0 Å². The number of thiazole rings is 1. The quantitative estimate of drug-likeness (QED) is 0.554. The normalized spacial score (nSPS) is 16.0. The highest BCUT2D eigenvalue weighted by Gasteiger charge is 2.24. The Bertz CT molecular complexity index is 1340. The summed E-state index contributed by atoms with van der Waals surface area (Å²) >= 11 is 7.46. The van der Waals surface area contributed by atoms with Gasteiger partial charge in [0.25, 0.3) is 0 Å². The summed E-state index contributed by atoms with van der Waals surface area (Å²) in [7, 11) is -1.67. The van der Waals surface area contributed by atoms with E-state index in [4.69, 9.17) is 16.6 Å². The summed E-state index contributed by atoms with van der Waals surface area (Å²) in [5.41, 5.74) is 0. The zero-order valence-electron chi connectivity index (χ0n) is 18.3. The highest BCUT2D eigenvalue weighted by Crippen LogP contribution is 2.24. The topological polar surface area (TPSA) is 92.0 Å². The third-order valence-electron chi connectivity index (χ3n) is 5.85. The maximum atomic E-state index is 12.8. The summed E-state index contributed by atoms with van der Waals surface area (Å²) in [6.45, 7) is 1.12. The molecule has 1 aliphatic rings. The second kappa shape index (κ2) is 9.97. The molecule has 7 nitrogen and oxygen atoms in total. The number of carbonyl (C=O) groups excluding carboxylic acids is 1. The monoisotopic (exact) mass is 507 g/mol. The van der Waals surface area contributed by atoms with E-state index >= 15 is 0 Å². The summed E-state index contributed by atoms with van der Waals surface area (Å²) < 4.78 is 27.5. The van der Waals surface area contributed by atoms with Crippen LogP contribution in [0, 0.1) is 0 Å². The van der Waals surface area contributed by atoms with Crippen molar-refractivity contribution in [3.8, 4) is 0 Å². The Balaban J connectivity index is 1.34. The summed E-state index contributed by atoms with van der Waals surface area (Å²) in [5, 5.41) is 11.5. The van der Waals surface area contributed by atoms with Crippen LogP contribution in [0.25, 0.3) is 10.8 Å². The summed E-state index contributed by atoms with van der Waals surface area (Å²) in [6.07, 6.45) is 3.30. The number of fused-ring (bicyclic) bond motifs is 1. The van der Waals surface area contributed by atoms with Crippen molar-refractivity contribution in [1.29, 1.82) is 0 Å². The molecule has 1 saturated heterocycles. The fraction of sp³-hybridized carbons (Fsp3) is 0.391. The minimum Gasteiger partial charge on any atom is -0.391 e. The molecule has 0 bridgehead atoms. The van der Waals surface area contributed by atoms with Crippen LogP contribution in [0.3, 0.4) is 0 Å². The van der Waals surface area contributed by atoms with Crippen LogP contribution in [0.15, 0.2) is 52.5 Å². The lowest BCUT2D eigenvalue weighted by Gasteiger charge is -2.30. The molecule has 1 amide bonds. The van der Waals surface area contributed by atoms with Gasteiger partial charge in [-0.3, -0.25) is 9.79 Å². The van der Waals surface area contributed by atoms with E-state index < -0.39 is 9.84 Å². The Morgan fingerprint density at radius 3 is 2.58 bits per heavy atom. The van der Waals surface area contributed by atoms with Crippen LogP contribution < -0.4 is 4.80 Å². The molecule has 4 rings (SSSR count). The Morgan fingerprint density at radius 1 is 1.18 bits per heavy atom. The van der Waals surface area contributed by atoms with Gasteiger partial charge in [0, 0.05) is 42.7 Å². The number of aromatic nitrogens is 1. The number of aliphatic hydroxyl groups excluding tert-OH is 1. The lowest BCUT2D eigenvalue weighted by atomic mass is 10.1.